The first-order chi connectivity index (χ1) is 10.1. The van der Waals surface area contributed by atoms with Gasteiger partial charge in [0.1, 0.15) is 5.75 Å². The van der Waals surface area contributed by atoms with Crippen LogP contribution in [0, 0.1) is 0 Å². The Morgan fingerprint density at radius 3 is 1.82 bits per heavy atom. The molecule has 0 radical (unpaired) electrons. The summed E-state index contributed by atoms with van der Waals surface area (Å²) in [5.41, 5.74) is 6.13. The Labute approximate surface area is 125 Å². The maximum atomic E-state index is 9.77. The van der Waals surface area contributed by atoms with Crippen LogP contribution in [0.4, 0.5) is 0 Å². The number of nitrogens with two attached hydrogens (primary N) is 1. The van der Waals surface area contributed by atoms with Crippen molar-refractivity contribution in [2.75, 3.05) is 0 Å². The lowest BCUT2D eigenvalue weighted by molar-refractivity contribution is -0.165. The molecule has 8 N–H and O–H groups in total. The SMILES string of the molecule is C[C@H](N)[C@@H](O)c1cccc(O)c1.O=C(O)[C@H](O)[C@@H](O)C(=O)O. The van der Waals surface area contributed by atoms with Crippen LogP contribution in [-0.2, 0) is 9.59 Å². The summed E-state index contributed by atoms with van der Waals surface area (Å²) in [6, 6.07) is 6.14. The molecule has 0 saturated carbocycles. The number of carboxylic acids is 2. The maximum absolute atomic E-state index is 9.77. The molecule has 0 aliphatic heterocycles. The minimum Gasteiger partial charge on any atom is -0.508 e. The van der Waals surface area contributed by atoms with Crippen molar-refractivity contribution in [1.82, 2.24) is 0 Å². The van der Waals surface area contributed by atoms with Gasteiger partial charge in [0, 0.05) is 6.04 Å². The van der Waals surface area contributed by atoms with E-state index in [2.05, 4.69) is 0 Å². The number of benzene rings is 1. The second-order valence-electron chi connectivity index (χ2n) is 4.47. The van der Waals surface area contributed by atoms with Crippen LogP contribution in [0.1, 0.15) is 18.6 Å². The van der Waals surface area contributed by atoms with Crippen molar-refractivity contribution in [1.29, 1.82) is 0 Å². The molecule has 0 amide bonds. The summed E-state index contributed by atoms with van der Waals surface area (Å²) in [5, 5.41) is 51.1. The Morgan fingerprint density at radius 1 is 1.05 bits per heavy atom. The maximum Gasteiger partial charge on any atom is 0.335 e. The monoisotopic (exact) mass is 317 g/mol. The van der Waals surface area contributed by atoms with Crippen LogP contribution < -0.4 is 5.73 Å². The Hall–Kier alpha value is -2.20. The summed E-state index contributed by atoms with van der Waals surface area (Å²) in [4.78, 5) is 19.5. The highest BCUT2D eigenvalue weighted by atomic mass is 16.4. The van der Waals surface area contributed by atoms with E-state index in [4.69, 9.17) is 31.3 Å². The number of aliphatic hydroxyl groups is 3. The summed E-state index contributed by atoms with van der Waals surface area (Å²) in [6.07, 6.45) is -5.24. The number of phenols is 1. The lowest BCUT2D eigenvalue weighted by Gasteiger charge is -2.14. The van der Waals surface area contributed by atoms with E-state index in [1.165, 1.54) is 6.07 Å². The van der Waals surface area contributed by atoms with E-state index >= 15 is 0 Å². The molecule has 0 bridgehead atoms. The molecule has 0 fully saturated rings. The third-order valence-electron chi connectivity index (χ3n) is 2.51. The molecule has 0 aromatic heterocycles. The predicted molar refractivity (Wildman–Crippen MR) is 74.0 cm³/mol. The van der Waals surface area contributed by atoms with Crippen molar-refractivity contribution in [3.63, 3.8) is 0 Å². The molecule has 124 valence electrons. The highest BCUT2D eigenvalue weighted by Gasteiger charge is 2.29. The van der Waals surface area contributed by atoms with Crippen molar-refractivity contribution in [3.8, 4) is 5.75 Å². The summed E-state index contributed by atoms with van der Waals surface area (Å²) in [7, 11) is 0. The summed E-state index contributed by atoms with van der Waals surface area (Å²) in [6.45, 7) is 1.72. The van der Waals surface area contributed by atoms with Crippen molar-refractivity contribution < 1.29 is 40.2 Å². The van der Waals surface area contributed by atoms with E-state index in [1.54, 1.807) is 25.1 Å². The zero-order valence-electron chi connectivity index (χ0n) is 11.7. The molecule has 0 unspecified atom stereocenters. The number of phenolic OH excluding ortho intramolecular Hbond substituents is 1. The second-order valence-corrected chi connectivity index (χ2v) is 4.47. The van der Waals surface area contributed by atoms with Crippen LogP contribution in [0.3, 0.4) is 0 Å². The van der Waals surface area contributed by atoms with Crippen molar-refractivity contribution >= 4 is 11.9 Å². The number of carboxylic acid groups (broad SMARTS) is 2. The third-order valence-corrected chi connectivity index (χ3v) is 2.51. The first kappa shape index (κ1) is 19.8. The van der Waals surface area contributed by atoms with Gasteiger partial charge in [-0.15, -0.1) is 0 Å². The van der Waals surface area contributed by atoms with Crippen LogP contribution in [0.15, 0.2) is 24.3 Å². The molecule has 0 saturated heterocycles. The van der Waals surface area contributed by atoms with Gasteiger partial charge < -0.3 is 36.4 Å². The average molecular weight is 317 g/mol. The van der Waals surface area contributed by atoms with E-state index in [1.807, 2.05) is 0 Å². The van der Waals surface area contributed by atoms with Gasteiger partial charge in [0.25, 0.3) is 0 Å². The standard InChI is InChI=1S/C9H13NO2.C4H6O6/c1-6(10)9(12)7-3-2-4-8(11)5-7;5-1(3(7)8)2(6)4(9)10/h2-6,9,11-12H,10H2,1H3;1-2,5-6H,(H,7,8)(H,9,10)/t6-,9+;1-,2-/m01/s1. The summed E-state index contributed by atoms with van der Waals surface area (Å²) in [5.74, 6) is -3.39. The molecule has 9 nitrogen and oxygen atoms in total. The topological polar surface area (TPSA) is 182 Å². The van der Waals surface area contributed by atoms with Crippen molar-refractivity contribution in [2.24, 2.45) is 5.73 Å². The number of carbonyl (C=O) groups is 2. The molecular formula is C13H19NO8. The Kier molecular flexibility index (Phi) is 8.05. The minimum absolute atomic E-state index is 0.146. The van der Waals surface area contributed by atoms with Gasteiger partial charge in [-0.1, -0.05) is 12.1 Å². The Morgan fingerprint density at radius 2 is 1.50 bits per heavy atom. The van der Waals surface area contributed by atoms with Crippen molar-refractivity contribution in [2.45, 2.75) is 31.3 Å². The van der Waals surface area contributed by atoms with Gasteiger partial charge >= 0.3 is 11.9 Å². The molecule has 1 aromatic rings. The molecule has 1 aromatic carbocycles. The number of aliphatic hydroxyl groups excluding tert-OH is 3. The molecule has 0 spiro atoms. The minimum atomic E-state index is -2.27. The van der Waals surface area contributed by atoms with Crippen molar-refractivity contribution in [3.05, 3.63) is 29.8 Å². The average Bonchev–Trinajstić information content (AvgIpc) is 2.45. The lowest BCUT2D eigenvalue weighted by Crippen LogP contribution is -2.39. The molecule has 4 atom stereocenters. The van der Waals surface area contributed by atoms with Gasteiger partial charge in [-0.2, -0.15) is 0 Å². The number of aromatic hydroxyl groups is 1. The van der Waals surface area contributed by atoms with E-state index in [0.29, 0.717) is 5.56 Å². The van der Waals surface area contributed by atoms with Gasteiger partial charge in [-0.3, -0.25) is 0 Å². The fourth-order valence-electron chi connectivity index (χ4n) is 1.28. The highest BCUT2D eigenvalue weighted by molar-refractivity contribution is 5.83. The quantitative estimate of drug-likeness (QED) is 0.345. The van der Waals surface area contributed by atoms with E-state index in [0.717, 1.165) is 0 Å². The summed E-state index contributed by atoms with van der Waals surface area (Å²) < 4.78 is 0. The summed E-state index contributed by atoms with van der Waals surface area (Å²) >= 11 is 0. The largest absolute Gasteiger partial charge is 0.508 e. The van der Waals surface area contributed by atoms with Gasteiger partial charge in [-0.05, 0) is 24.6 Å². The molecule has 1 rings (SSSR count). The third kappa shape index (κ3) is 6.50. The first-order valence-corrected chi connectivity index (χ1v) is 6.12. The van der Waals surface area contributed by atoms with Gasteiger partial charge in [0.2, 0.25) is 0 Å². The van der Waals surface area contributed by atoms with Crippen LogP contribution in [0.5, 0.6) is 5.75 Å². The van der Waals surface area contributed by atoms with Crippen LogP contribution in [0.25, 0.3) is 0 Å². The number of rotatable bonds is 5. The fraction of sp³-hybridized carbons (Fsp3) is 0.385. The Balaban J connectivity index is 0.000000409. The van der Waals surface area contributed by atoms with E-state index in [-0.39, 0.29) is 11.8 Å². The molecule has 0 heterocycles. The van der Waals surface area contributed by atoms with Gasteiger partial charge in [-0.25, -0.2) is 9.59 Å². The normalized spacial score (nSPS) is 15.7. The first-order valence-electron chi connectivity index (χ1n) is 6.12. The number of hydrogen-bond donors (Lipinski definition) is 7. The molecule has 9 heteroatoms. The predicted octanol–water partition coefficient (Wildman–Crippen LogP) is -1.35. The zero-order chi connectivity index (χ0) is 17.4. The lowest BCUT2D eigenvalue weighted by atomic mass is 10.0. The van der Waals surface area contributed by atoms with Gasteiger partial charge in [0.05, 0.1) is 6.10 Å². The van der Waals surface area contributed by atoms with Crippen LogP contribution >= 0.6 is 0 Å². The number of hydrogen-bond acceptors (Lipinski definition) is 7. The molecule has 0 aliphatic rings. The highest BCUT2D eigenvalue weighted by Crippen LogP contribution is 2.19. The molecule has 0 aliphatic carbocycles. The smallest absolute Gasteiger partial charge is 0.335 e. The second kappa shape index (κ2) is 8.95. The van der Waals surface area contributed by atoms with E-state index in [9.17, 15) is 14.7 Å². The van der Waals surface area contributed by atoms with Gasteiger partial charge in [0.15, 0.2) is 12.2 Å². The fourth-order valence-corrected chi connectivity index (χ4v) is 1.28. The number of aliphatic carboxylic acids is 2. The van der Waals surface area contributed by atoms with Crippen LogP contribution in [0.2, 0.25) is 0 Å². The van der Waals surface area contributed by atoms with E-state index < -0.39 is 30.3 Å². The Bertz CT molecular complexity index is 487. The molecular weight excluding hydrogens is 298 g/mol. The zero-order valence-corrected chi connectivity index (χ0v) is 11.7. The van der Waals surface area contributed by atoms with Crippen LogP contribution in [-0.4, -0.2) is 60.8 Å². The molecule has 22 heavy (non-hydrogen) atoms.